The molecule has 1 rings (SSSR count). The van der Waals surface area contributed by atoms with Crippen LogP contribution in [0.2, 0.25) is 0 Å². The van der Waals surface area contributed by atoms with Crippen molar-refractivity contribution in [3.8, 4) is 5.88 Å². The van der Waals surface area contributed by atoms with Crippen molar-refractivity contribution in [2.45, 2.75) is 59.4 Å². The molecule has 0 aliphatic carbocycles. The van der Waals surface area contributed by atoms with Gasteiger partial charge in [0.25, 0.3) is 0 Å². The van der Waals surface area contributed by atoms with Gasteiger partial charge in [-0.3, -0.25) is 0 Å². The first kappa shape index (κ1) is 15.5. The van der Waals surface area contributed by atoms with Crippen molar-refractivity contribution in [1.29, 1.82) is 0 Å². The number of hydrogen-bond donors (Lipinski definition) is 2. The summed E-state index contributed by atoms with van der Waals surface area (Å²) in [4.78, 5) is 8.97. The normalized spacial score (nSPS) is 12.4. The second kappa shape index (κ2) is 5.23. The lowest BCUT2D eigenvalue weighted by atomic mass is 9.95. The van der Waals surface area contributed by atoms with E-state index in [0.29, 0.717) is 24.0 Å². The highest BCUT2D eigenvalue weighted by molar-refractivity contribution is 5.67. The Labute approximate surface area is 116 Å². The van der Waals surface area contributed by atoms with Gasteiger partial charge in [-0.1, -0.05) is 20.8 Å². The first-order chi connectivity index (χ1) is 8.54. The van der Waals surface area contributed by atoms with Crippen molar-refractivity contribution >= 4 is 11.5 Å². The van der Waals surface area contributed by atoms with Crippen molar-refractivity contribution in [3.05, 3.63) is 5.82 Å². The number of nitrogens with one attached hydrogen (secondary N) is 1. The molecule has 0 bridgehead atoms. The van der Waals surface area contributed by atoms with Crippen LogP contribution in [-0.4, -0.2) is 22.1 Å². The minimum absolute atomic E-state index is 0.124. The van der Waals surface area contributed by atoms with Gasteiger partial charge in [0.2, 0.25) is 5.88 Å². The van der Waals surface area contributed by atoms with Crippen LogP contribution < -0.4 is 15.8 Å². The number of nitrogens with two attached hydrogens (primary N) is 1. The molecule has 0 saturated carbocycles. The third-order valence-corrected chi connectivity index (χ3v) is 2.36. The Hall–Kier alpha value is -1.52. The van der Waals surface area contributed by atoms with Crippen LogP contribution in [0.4, 0.5) is 11.5 Å². The molecule has 1 heterocycles. The van der Waals surface area contributed by atoms with Crippen molar-refractivity contribution in [2.24, 2.45) is 0 Å². The maximum absolute atomic E-state index is 6.08. The topological polar surface area (TPSA) is 73.1 Å². The summed E-state index contributed by atoms with van der Waals surface area (Å²) in [6.07, 6.45) is 0. The molecule has 3 N–H and O–H groups in total. The number of hydrogen-bond acceptors (Lipinski definition) is 5. The molecule has 5 heteroatoms. The molecule has 5 nitrogen and oxygen atoms in total. The number of nitrogens with zero attached hydrogens (tertiary/aromatic N) is 2. The number of anilines is 2. The molecule has 0 atom stereocenters. The van der Waals surface area contributed by atoms with Gasteiger partial charge in [0, 0.05) is 11.0 Å². The van der Waals surface area contributed by atoms with Gasteiger partial charge in [0.15, 0.2) is 5.82 Å². The monoisotopic (exact) mass is 266 g/mol. The highest BCUT2D eigenvalue weighted by Crippen LogP contribution is 2.31. The van der Waals surface area contributed by atoms with Gasteiger partial charge >= 0.3 is 0 Å². The Bertz CT molecular complexity index is 444. The summed E-state index contributed by atoms with van der Waals surface area (Å²) < 4.78 is 5.51. The smallest absolute Gasteiger partial charge is 0.242 e. The number of ether oxygens (including phenoxy) is 1. The van der Waals surface area contributed by atoms with Crippen LogP contribution in [0.15, 0.2) is 0 Å². The Morgan fingerprint density at radius 2 is 1.68 bits per heavy atom. The lowest BCUT2D eigenvalue weighted by Gasteiger charge is -2.25. The van der Waals surface area contributed by atoms with Crippen LogP contribution in [0.25, 0.3) is 0 Å². The molecule has 0 saturated heterocycles. The van der Waals surface area contributed by atoms with E-state index in [0.717, 1.165) is 5.82 Å². The molecule has 0 unspecified atom stereocenters. The summed E-state index contributed by atoms with van der Waals surface area (Å²) in [5.41, 5.74) is 6.26. The lowest BCUT2D eigenvalue weighted by Crippen LogP contribution is -2.29. The van der Waals surface area contributed by atoms with E-state index in [1.54, 1.807) is 0 Å². The standard InChI is InChI=1S/C14H26N4O/c1-8-19-11-9(15)10(18-14(5,6)7)16-12(17-11)13(2,3)4/h8,15H2,1-7H3,(H,16,17,18). The van der Waals surface area contributed by atoms with E-state index in [2.05, 4.69) is 56.8 Å². The molecule has 0 aromatic carbocycles. The van der Waals surface area contributed by atoms with E-state index in [-0.39, 0.29) is 11.0 Å². The minimum Gasteiger partial charge on any atom is -0.476 e. The molecule has 0 aliphatic heterocycles. The maximum Gasteiger partial charge on any atom is 0.242 e. The van der Waals surface area contributed by atoms with E-state index < -0.39 is 0 Å². The summed E-state index contributed by atoms with van der Waals surface area (Å²) in [5.74, 6) is 1.81. The predicted octanol–water partition coefficient (Wildman–Crippen LogP) is 2.97. The molecule has 0 spiro atoms. The van der Waals surface area contributed by atoms with Gasteiger partial charge < -0.3 is 15.8 Å². The summed E-state index contributed by atoms with van der Waals surface area (Å²) in [6.45, 7) is 14.8. The third kappa shape index (κ3) is 4.26. The highest BCUT2D eigenvalue weighted by atomic mass is 16.5. The van der Waals surface area contributed by atoms with E-state index in [1.807, 2.05) is 6.92 Å². The van der Waals surface area contributed by atoms with E-state index in [9.17, 15) is 0 Å². The van der Waals surface area contributed by atoms with Gasteiger partial charge in [0.05, 0.1) is 6.61 Å². The molecule has 0 amide bonds. The average molecular weight is 266 g/mol. The average Bonchev–Trinajstić information content (AvgIpc) is 2.20. The summed E-state index contributed by atoms with van der Waals surface area (Å²) in [6, 6.07) is 0. The molecule has 108 valence electrons. The molecule has 0 radical (unpaired) electrons. The van der Waals surface area contributed by atoms with Crippen LogP contribution in [0, 0.1) is 0 Å². The van der Waals surface area contributed by atoms with Crippen LogP contribution in [-0.2, 0) is 5.41 Å². The molecule has 1 aromatic heterocycles. The zero-order chi connectivity index (χ0) is 14.8. The number of rotatable bonds is 3. The fourth-order valence-electron chi connectivity index (χ4n) is 1.48. The molecule has 0 fully saturated rings. The summed E-state index contributed by atoms with van der Waals surface area (Å²) >= 11 is 0. The number of aromatic nitrogens is 2. The zero-order valence-electron chi connectivity index (χ0n) is 13.1. The van der Waals surface area contributed by atoms with Crippen LogP contribution in [0.5, 0.6) is 5.88 Å². The van der Waals surface area contributed by atoms with E-state index in [1.165, 1.54) is 0 Å². The van der Waals surface area contributed by atoms with Crippen LogP contribution >= 0.6 is 0 Å². The second-order valence-electron chi connectivity index (χ2n) is 6.67. The fourth-order valence-corrected chi connectivity index (χ4v) is 1.48. The molecular weight excluding hydrogens is 240 g/mol. The molecule has 0 aliphatic rings. The fraction of sp³-hybridized carbons (Fsp3) is 0.714. The van der Waals surface area contributed by atoms with E-state index >= 15 is 0 Å². The molecule has 19 heavy (non-hydrogen) atoms. The Kier molecular flexibility index (Phi) is 4.28. The predicted molar refractivity (Wildman–Crippen MR) is 79.7 cm³/mol. The van der Waals surface area contributed by atoms with Gasteiger partial charge in [-0.05, 0) is 27.7 Å². The minimum atomic E-state index is -0.159. The molecular formula is C14H26N4O. The summed E-state index contributed by atoms with van der Waals surface area (Å²) in [5, 5.41) is 3.30. The van der Waals surface area contributed by atoms with Crippen molar-refractivity contribution in [2.75, 3.05) is 17.7 Å². The zero-order valence-corrected chi connectivity index (χ0v) is 13.1. The third-order valence-electron chi connectivity index (χ3n) is 2.36. The van der Waals surface area contributed by atoms with Crippen molar-refractivity contribution in [3.63, 3.8) is 0 Å². The largest absolute Gasteiger partial charge is 0.476 e. The van der Waals surface area contributed by atoms with Gasteiger partial charge in [-0.15, -0.1) is 0 Å². The summed E-state index contributed by atoms with van der Waals surface area (Å²) in [7, 11) is 0. The first-order valence-electron chi connectivity index (χ1n) is 6.63. The Balaban J connectivity index is 3.32. The van der Waals surface area contributed by atoms with Gasteiger partial charge in [-0.2, -0.15) is 4.98 Å². The van der Waals surface area contributed by atoms with Crippen LogP contribution in [0.3, 0.4) is 0 Å². The van der Waals surface area contributed by atoms with E-state index in [4.69, 9.17) is 10.5 Å². The Morgan fingerprint density at radius 1 is 1.11 bits per heavy atom. The quantitative estimate of drug-likeness (QED) is 0.880. The molecule has 1 aromatic rings. The van der Waals surface area contributed by atoms with Crippen LogP contribution in [0.1, 0.15) is 54.3 Å². The highest BCUT2D eigenvalue weighted by Gasteiger charge is 2.23. The second-order valence-corrected chi connectivity index (χ2v) is 6.67. The number of nitrogen functional groups attached to an aromatic ring is 1. The first-order valence-corrected chi connectivity index (χ1v) is 6.63. The van der Waals surface area contributed by atoms with Crippen molar-refractivity contribution < 1.29 is 4.74 Å². The maximum atomic E-state index is 6.08. The lowest BCUT2D eigenvalue weighted by molar-refractivity contribution is 0.324. The Morgan fingerprint density at radius 3 is 2.11 bits per heavy atom. The van der Waals surface area contributed by atoms with Crippen molar-refractivity contribution in [1.82, 2.24) is 9.97 Å². The van der Waals surface area contributed by atoms with Gasteiger partial charge in [-0.25, -0.2) is 4.98 Å². The van der Waals surface area contributed by atoms with Gasteiger partial charge in [0.1, 0.15) is 11.5 Å². The SMILES string of the molecule is CCOc1nc(C(C)(C)C)nc(NC(C)(C)C)c1N.